The van der Waals surface area contributed by atoms with Gasteiger partial charge in [0, 0.05) is 13.0 Å². The molecule has 0 aromatic rings. The third kappa shape index (κ3) is 1.18. The molecule has 0 aliphatic carbocycles. The van der Waals surface area contributed by atoms with Crippen molar-refractivity contribution in [1.82, 2.24) is 10.6 Å². The highest BCUT2D eigenvalue weighted by Gasteiger charge is 2.11. The van der Waals surface area contributed by atoms with Crippen molar-refractivity contribution in [2.24, 2.45) is 5.73 Å². The molecule has 1 unspecified atom stereocenters. The Labute approximate surface area is 47.4 Å². The van der Waals surface area contributed by atoms with Gasteiger partial charge in [-0.25, -0.2) is 0 Å². The van der Waals surface area contributed by atoms with Crippen LogP contribution < -0.4 is 16.4 Å². The van der Waals surface area contributed by atoms with Gasteiger partial charge in [0.15, 0.2) is 0 Å². The van der Waals surface area contributed by atoms with E-state index >= 15 is 0 Å². The topological polar surface area (TPSA) is 67.1 Å². The highest BCUT2D eigenvalue weighted by atomic mass is 16.2. The van der Waals surface area contributed by atoms with Crippen molar-refractivity contribution >= 4 is 5.91 Å². The third-order valence-electron chi connectivity index (χ3n) is 1.03. The molecule has 4 heteroatoms. The van der Waals surface area contributed by atoms with Crippen LogP contribution in [0.4, 0.5) is 0 Å². The molecule has 1 rings (SSSR count). The average Bonchev–Trinajstić information content (AvgIpc) is 1.64. The zero-order valence-corrected chi connectivity index (χ0v) is 4.48. The Morgan fingerprint density at radius 1 is 1.75 bits per heavy atom. The van der Waals surface area contributed by atoms with Crippen LogP contribution in [0.2, 0.25) is 0 Å². The second kappa shape index (κ2) is 2.11. The van der Waals surface area contributed by atoms with Gasteiger partial charge in [0.1, 0.15) is 6.29 Å². The van der Waals surface area contributed by atoms with Gasteiger partial charge in [-0.05, 0) is 0 Å². The number of hydrogen-bond acceptors (Lipinski definition) is 3. The second-order valence-corrected chi connectivity index (χ2v) is 1.75. The lowest BCUT2D eigenvalue weighted by atomic mass is 10.3. The van der Waals surface area contributed by atoms with Crippen molar-refractivity contribution in [3.8, 4) is 0 Å². The maximum atomic E-state index is 10.4. The van der Waals surface area contributed by atoms with Crippen LogP contribution in [0.1, 0.15) is 6.42 Å². The summed E-state index contributed by atoms with van der Waals surface area (Å²) in [6.07, 6.45) is 0.199. The lowest BCUT2D eigenvalue weighted by Gasteiger charge is -2.19. The predicted molar refractivity (Wildman–Crippen MR) is 28.7 cm³/mol. The van der Waals surface area contributed by atoms with Gasteiger partial charge >= 0.3 is 0 Å². The zero-order chi connectivity index (χ0) is 5.98. The molecule has 0 aromatic carbocycles. The van der Waals surface area contributed by atoms with E-state index in [0.717, 1.165) is 0 Å². The zero-order valence-electron chi connectivity index (χ0n) is 4.48. The van der Waals surface area contributed by atoms with Crippen LogP contribution in [0.15, 0.2) is 0 Å². The average molecular weight is 115 g/mol. The molecule has 0 bridgehead atoms. The molecule has 46 valence electrons. The smallest absolute Gasteiger partial charge is 0.223 e. The van der Waals surface area contributed by atoms with Crippen molar-refractivity contribution in [3.63, 3.8) is 0 Å². The molecule has 1 heterocycles. The third-order valence-corrected chi connectivity index (χ3v) is 1.03. The molecule has 1 atom stereocenters. The van der Waals surface area contributed by atoms with Crippen molar-refractivity contribution in [2.45, 2.75) is 12.7 Å². The van der Waals surface area contributed by atoms with Crippen LogP contribution in [0.5, 0.6) is 0 Å². The lowest BCUT2D eigenvalue weighted by Crippen LogP contribution is -2.56. The molecular weight excluding hydrogens is 106 g/mol. The van der Waals surface area contributed by atoms with E-state index < -0.39 is 0 Å². The molecule has 0 saturated carbocycles. The van der Waals surface area contributed by atoms with Gasteiger partial charge in [0.05, 0.1) is 0 Å². The van der Waals surface area contributed by atoms with Crippen LogP contribution in [0, 0.1) is 0 Å². The number of hydrogen-bond donors (Lipinski definition) is 3. The van der Waals surface area contributed by atoms with E-state index in [4.69, 9.17) is 5.73 Å². The summed E-state index contributed by atoms with van der Waals surface area (Å²) in [5.74, 6) is 0.0243. The Hall–Kier alpha value is -0.610. The number of rotatable bonds is 0. The van der Waals surface area contributed by atoms with E-state index in [-0.39, 0.29) is 12.2 Å². The minimum Gasteiger partial charge on any atom is -0.328 e. The van der Waals surface area contributed by atoms with Crippen molar-refractivity contribution in [3.05, 3.63) is 0 Å². The van der Waals surface area contributed by atoms with Crippen molar-refractivity contribution in [2.75, 3.05) is 6.54 Å². The Balaban J connectivity index is 2.34. The van der Waals surface area contributed by atoms with Gasteiger partial charge in [-0.3, -0.25) is 15.8 Å². The normalized spacial score (nSPS) is 29.6. The highest BCUT2D eigenvalue weighted by Crippen LogP contribution is 1.83. The summed E-state index contributed by atoms with van der Waals surface area (Å²) in [5.41, 5.74) is 5.28. The molecule has 4 nitrogen and oxygen atoms in total. The molecule has 1 aliphatic heterocycles. The van der Waals surface area contributed by atoms with Gasteiger partial charge in [-0.2, -0.15) is 0 Å². The predicted octanol–water partition coefficient (Wildman–Crippen LogP) is -1.66. The second-order valence-electron chi connectivity index (χ2n) is 1.75. The number of nitrogens with one attached hydrogen (secondary N) is 2. The first kappa shape index (κ1) is 5.53. The molecule has 1 aliphatic rings. The number of amides is 1. The molecule has 0 radical (unpaired) electrons. The SMILES string of the molecule is NC1NCCC(=O)N1. The number of carbonyl (C=O) groups is 1. The minimum absolute atomic E-state index is 0.0243. The molecule has 0 aromatic heterocycles. The fraction of sp³-hybridized carbons (Fsp3) is 0.750. The van der Waals surface area contributed by atoms with E-state index in [2.05, 4.69) is 10.6 Å². The van der Waals surface area contributed by atoms with E-state index in [1.165, 1.54) is 0 Å². The Bertz CT molecular complexity index is 103. The van der Waals surface area contributed by atoms with Gasteiger partial charge < -0.3 is 5.32 Å². The molecule has 1 saturated heterocycles. The molecule has 0 spiro atoms. The quantitative estimate of drug-likeness (QED) is 0.354. The fourth-order valence-corrected chi connectivity index (χ4v) is 0.638. The largest absolute Gasteiger partial charge is 0.328 e. The van der Waals surface area contributed by atoms with Crippen LogP contribution in [-0.2, 0) is 4.79 Å². The summed E-state index contributed by atoms with van der Waals surface area (Å²) in [6.45, 7) is 0.688. The molecule has 4 N–H and O–H groups in total. The van der Waals surface area contributed by atoms with Crippen LogP contribution in [-0.4, -0.2) is 18.7 Å². The first-order chi connectivity index (χ1) is 3.79. The number of carbonyl (C=O) groups excluding carboxylic acids is 1. The van der Waals surface area contributed by atoms with E-state index in [0.29, 0.717) is 13.0 Å². The lowest BCUT2D eigenvalue weighted by molar-refractivity contribution is -0.123. The Morgan fingerprint density at radius 2 is 2.50 bits per heavy atom. The molecule has 8 heavy (non-hydrogen) atoms. The summed E-state index contributed by atoms with van der Waals surface area (Å²) in [5, 5.41) is 5.37. The highest BCUT2D eigenvalue weighted by molar-refractivity contribution is 5.76. The molecule has 1 fully saturated rings. The maximum Gasteiger partial charge on any atom is 0.223 e. The van der Waals surface area contributed by atoms with Gasteiger partial charge in [-0.1, -0.05) is 0 Å². The standard InChI is InChI=1S/C4H9N3O/c5-4-6-2-1-3(8)7-4/h4,6H,1-2,5H2,(H,7,8). The van der Waals surface area contributed by atoms with Crippen molar-refractivity contribution in [1.29, 1.82) is 0 Å². The van der Waals surface area contributed by atoms with E-state index in [1.54, 1.807) is 0 Å². The first-order valence-corrected chi connectivity index (χ1v) is 2.57. The molecule has 1 amide bonds. The summed E-state index contributed by atoms with van der Waals surface area (Å²) in [7, 11) is 0. The Kier molecular flexibility index (Phi) is 1.45. The summed E-state index contributed by atoms with van der Waals surface area (Å²) in [6, 6.07) is 0. The summed E-state index contributed by atoms with van der Waals surface area (Å²) < 4.78 is 0. The van der Waals surface area contributed by atoms with Crippen LogP contribution in [0.25, 0.3) is 0 Å². The van der Waals surface area contributed by atoms with Gasteiger partial charge in [0.25, 0.3) is 0 Å². The molecular formula is C4H9N3O. The van der Waals surface area contributed by atoms with Crippen LogP contribution >= 0.6 is 0 Å². The first-order valence-electron chi connectivity index (χ1n) is 2.57. The summed E-state index contributed by atoms with van der Waals surface area (Å²) >= 11 is 0. The fourth-order valence-electron chi connectivity index (χ4n) is 0.638. The van der Waals surface area contributed by atoms with Crippen molar-refractivity contribution < 1.29 is 4.79 Å². The monoisotopic (exact) mass is 115 g/mol. The maximum absolute atomic E-state index is 10.4. The number of nitrogens with two attached hydrogens (primary N) is 1. The van der Waals surface area contributed by atoms with Gasteiger partial charge in [-0.15, -0.1) is 0 Å². The van der Waals surface area contributed by atoms with E-state index in [1.807, 2.05) is 0 Å². The minimum atomic E-state index is -0.337. The van der Waals surface area contributed by atoms with E-state index in [9.17, 15) is 4.79 Å². The van der Waals surface area contributed by atoms with Crippen LogP contribution in [0.3, 0.4) is 0 Å². The van der Waals surface area contributed by atoms with Gasteiger partial charge in [0.2, 0.25) is 5.91 Å². The summed E-state index contributed by atoms with van der Waals surface area (Å²) in [4.78, 5) is 10.4. The Morgan fingerprint density at radius 3 is 2.88 bits per heavy atom.